The molecule has 5 heteroatoms. The lowest BCUT2D eigenvalue weighted by Crippen LogP contribution is -2.19. The fraction of sp³-hybridized carbons (Fsp3) is 0.500. The first-order valence-corrected chi connectivity index (χ1v) is 6.37. The summed E-state index contributed by atoms with van der Waals surface area (Å²) in [6.45, 7) is 4.79. The maximum Gasteiger partial charge on any atom is 0.250 e. The van der Waals surface area contributed by atoms with Crippen molar-refractivity contribution in [3.8, 4) is 0 Å². The van der Waals surface area contributed by atoms with Crippen LogP contribution >= 0.6 is 12.4 Å². The molecule has 0 unspecified atom stereocenters. The van der Waals surface area contributed by atoms with Crippen molar-refractivity contribution in [1.82, 2.24) is 0 Å². The smallest absolute Gasteiger partial charge is 0.250 e. The monoisotopic (exact) mass is 286 g/mol. The lowest BCUT2D eigenvalue weighted by atomic mass is 10.2. The molecule has 0 fully saturated rings. The number of nitrogens with two attached hydrogens (primary N) is 1. The highest BCUT2D eigenvalue weighted by atomic mass is 35.5. The summed E-state index contributed by atoms with van der Waals surface area (Å²) >= 11 is 0. The summed E-state index contributed by atoms with van der Waals surface area (Å²) in [4.78, 5) is 11.6. The maximum absolute atomic E-state index is 11.6. The molecule has 0 saturated heterocycles. The van der Waals surface area contributed by atoms with Crippen molar-refractivity contribution in [2.75, 3.05) is 24.3 Å². The fourth-order valence-corrected chi connectivity index (χ4v) is 1.58. The van der Waals surface area contributed by atoms with Crippen LogP contribution in [0.1, 0.15) is 31.7 Å². The van der Waals surface area contributed by atoms with E-state index in [9.17, 15) is 4.79 Å². The van der Waals surface area contributed by atoms with Crippen molar-refractivity contribution in [3.63, 3.8) is 0 Å². The molecule has 19 heavy (non-hydrogen) atoms. The average Bonchev–Trinajstić information content (AvgIpc) is 2.33. The van der Waals surface area contributed by atoms with E-state index in [-0.39, 0.29) is 24.9 Å². The van der Waals surface area contributed by atoms with Gasteiger partial charge in [0.15, 0.2) is 0 Å². The lowest BCUT2D eigenvalue weighted by molar-refractivity contribution is -0.120. The van der Waals surface area contributed by atoms with Gasteiger partial charge in [0.2, 0.25) is 5.91 Å². The minimum Gasteiger partial charge on any atom is -0.399 e. The molecule has 0 heterocycles. The van der Waals surface area contributed by atoms with Crippen LogP contribution in [0.25, 0.3) is 0 Å². The van der Waals surface area contributed by atoms with E-state index in [1.54, 1.807) is 6.07 Å². The van der Waals surface area contributed by atoms with Crippen molar-refractivity contribution < 1.29 is 9.53 Å². The summed E-state index contributed by atoms with van der Waals surface area (Å²) in [6, 6.07) is 5.45. The first-order valence-electron chi connectivity index (χ1n) is 6.37. The first kappa shape index (κ1) is 17.7. The van der Waals surface area contributed by atoms with Gasteiger partial charge in [-0.15, -0.1) is 12.4 Å². The molecule has 0 aliphatic rings. The summed E-state index contributed by atoms with van der Waals surface area (Å²) in [7, 11) is 0. The molecule has 0 bridgehead atoms. The first-order chi connectivity index (χ1) is 8.63. The van der Waals surface area contributed by atoms with Gasteiger partial charge in [-0.3, -0.25) is 4.79 Å². The van der Waals surface area contributed by atoms with Crippen molar-refractivity contribution in [3.05, 3.63) is 23.8 Å². The van der Waals surface area contributed by atoms with Crippen LogP contribution in [0.3, 0.4) is 0 Å². The van der Waals surface area contributed by atoms with E-state index in [4.69, 9.17) is 10.5 Å². The van der Waals surface area contributed by atoms with Gasteiger partial charge in [0.05, 0.1) is 0 Å². The number of nitrogens with one attached hydrogen (secondary N) is 1. The van der Waals surface area contributed by atoms with Gasteiger partial charge in [0, 0.05) is 18.0 Å². The zero-order valence-corrected chi connectivity index (χ0v) is 12.4. The number of carbonyl (C=O) groups is 1. The third-order valence-corrected chi connectivity index (χ3v) is 2.66. The Morgan fingerprint density at radius 2 is 2.11 bits per heavy atom. The van der Waals surface area contributed by atoms with Crippen LogP contribution in [0, 0.1) is 6.92 Å². The fourth-order valence-electron chi connectivity index (χ4n) is 1.58. The largest absolute Gasteiger partial charge is 0.399 e. The number of rotatable bonds is 7. The summed E-state index contributed by atoms with van der Waals surface area (Å²) in [5, 5.41) is 2.80. The van der Waals surface area contributed by atoms with Gasteiger partial charge in [-0.1, -0.05) is 25.8 Å². The summed E-state index contributed by atoms with van der Waals surface area (Å²) in [5.74, 6) is -0.139. The zero-order chi connectivity index (χ0) is 13.4. The van der Waals surface area contributed by atoms with Crippen molar-refractivity contribution in [2.24, 2.45) is 0 Å². The van der Waals surface area contributed by atoms with Gasteiger partial charge < -0.3 is 15.8 Å². The number of hydrogen-bond acceptors (Lipinski definition) is 3. The summed E-state index contributed by atoms with van der Waals surface area (Å²) in [6.07, 6.45) is 3.29. The number of hydrogen-bond donors (Lipinski definition) is 2. The Morgan fingerprint density at radius 1 is 1.37 bits per heavy atom. The number of anilines is 2. The Labute approximate surface area is 121 Å². The molecular weight excluding hydrogens is 264 g/mol. The van der Waals surface area contributed by atoms with Gasteiger partial charge >= 0.3 is 0 Å². The van der Waals surface area contributed by atoms with Crippen LogP contribution in [-0.4, -0.2) is 19.1 Å². The second-order valence-electron chi connectivity index (χ2n) is 4.38. The van der Waals surface area contributed by atoms with E-state index in [2.05, 4.69) is 12.2 Å². The highest BCUT2D eigenvalue weighted by Gasteiger charge is 2.05. The van der Waals surface area contributed by atoms with Gasteiger partial charge in [0.25, 0.3) is 0 Å². The second kappa shape index (κ2) is 9.64. The predicted octanol–water partition coefficient (Wildman–Crippen LogP) is 3.14. The molecule has 0 aliphatic carbocycles. The molecular formula is C14H23ClN2O2. The van der Waals surface area contributed by atoms with E-state index in [0.717, 1.165) is 30.5 Å². The summed E-state index contributed by atoms with van der Waals surface area (Å²) in [5.41, 5.74) is 8.05. The second-order valence-corrected chi connectivity index (χ2v) is 4.38. The van der Waals surface area contributed by atoms with Gasteiger partial charge in [-0.2, -0.15) is 0 Å². The Morgan fingerprint density at radius 3 is 2.79 bits per heavy atom. The number of halogens is 1. The molecule has 0 aromatic heterocycles. The number of amides is 1. The Balaban J connectivity index is 0.00000324. The molecule has 1 aromatic rings. The van der Waals surface area contributed by atoms with Crippen LogP contribution < -0.4 is 11.1 Å². The maximum atomic E-state index is 11.6. The van der Waals surface area contributed by atoms with Crippen molar-refractivity contribution in [2.45, 2.75) is 33.1 Å². The average molecular weight is 287 g/mol. The van der Waals surface area contributed by atoms with Crippen LogP contribution in [0.15, 0.2) is 18.2 Å². The minimum absolute atomic E-state index is 0. The van der Waals surface area contributed by atoms with E-state index in [1.807, 2.05) is 19.1 Å². The zero-order valence-electron chi connectivity index (χ0n) is 11.6. The number of unbranched alkanes of at least 4 members (excludes halogenated alkanes) is 2. The molecule has 3 N–H and O–H groups in total. The van der Waals surface area contributed by atoms with Crippen molar-refractivity contribution in [1.29, 1.82) is 0 Å². The van der Waals surface area contributed by atoms with Crippen LogP contribution in [-0.2, 0) is 9.53 Å². The van der Waals surface area contributed by atoms with Crippen molar-refractivity contribution >= 4 is 29.7 Å². The van der Waals surface area contributed by atoms with Crippen LogP contribution in [0.4, 0.5) is 11.4 Å². The highest BCUT2D eigenvalue weighted by molar-refractivity contribution is 5.92. The number of ether oxygens (including phenoxy) is 1. The summed E-state index contributed by atoms with van der Waals surface area (Å²) < 4.78 is 5.30. The normalized spacial score (nSPS) is 9.79. The Kier molecular flexibility index (Phi) is 9.00. The quantitative estimate of drug-likeness (QED) is 0.598. The Bertz CT molecular complexity index is 397. The van der Waals surface area contributed by atoms with E-state index in [0.29, 0.717) is 12.3 Å². The van der Waals surface area contributed by atoms with Gasteiger partial charge in [-0.05, 0) is 31.0 Å². The SMILES string of the molecule is CCCCCOCC(=O)Nc1cc(N)ccc1C.Cl. The number of benzene rings is 1. The molecule has 0 radical (unpaired) electrons. The van der Waals surface area contributed by atoms with E-state index >= 15 is 0 Å². The number of carbonyl (C=O) groups excluding carboxylic acids is 1. The van der Waals surface area contributed by atoms with Crippen LogP contribution in [0.2, 0.25) is 0 Å². The highest BCUT2D eigenvalue weighted by Crippen LogP contribution is 2.17. The predicted molar refractivity (Wildman–Crippen MR) is 81.8 cm³/mol. The molecule has 0 spiro atoms. The third kappa shape index (κ3) is 7.03. The minimum atomic E-state index is -0.139. The van der Waals surface area contributed by atoms with E-state index in [1.165, 1.54) is 0 Å². The lowest BCUT2D eigenvalue weighted by Gasteiger charge is -2.09. The molecule has 1 rings (SSSR count). The molecule has 1 aromatic carbocycles. The molecule has 0 aliphatic heterocycles. The topological polar surface area (TPSA) is 64.3 Å². The molecule has 4 nitrogen and oxygen atoms in total. The standard InChI is InChI=1S/C14H22N2O2.ClH/c1-3-4-5-8-18-10-14(17)16-13-9-12(15)7-6-11(13)2;/h6-7,9H,3-5,8,10,15H2,1-2H3,(H,16,17);1H. The number of aryl methyl sites for hydroxylation is 1. The molecule has 108 valence electrons. The van der Waals surface area contributed by atoms with Gasteiger partial charge in [-0.25, -0.2) is 0 Å². The molecule has 0 atom stereocenters. The number of nitrogen functional groups attached to an aromatic ring is 1. The van der Waals surface area contributed by atoms with Gasteiger partial charge in [0.1, 0.15) is 6.61 Å². The molecule has 0 saturated carbocycles. The third-order valence-electron chi connectivity index (χ3n) is 2.66. The molecule has 1 amide bonds. The Hall–Kier alpha value is -1.26. The van der Waals surface area contributed by atoms with Crippen LogP contribution in [0.5, 0.6) is 0 Å². The van der Waals surface area contributed by atoms with E-state index < -0.39 is 0 Å².